The Morgan fingerprint density at radius 1 is 1.17 bits per heavy atom. The van der Waals surface area contributed by atoms with Crippen molar-refractivity contribution in [3.63, 3.8) is 0 Å². The first kappa shape index (κ1) is 23.2. The van der Waals surface area contributed by atoms with Gasteiger partial charge in [-0.05, 0) is 24.3 Å². The summed E-state index contributed by atoms with van der Waals surface area (Å²) in [5.41, 5.74) is 1.13. The number of carbonyl (C=O) groups excluding carboxylic acids is 1. The van der Waals surface area contributed by atoms with E-state index in [9.17, 15) is 4.79 Å². The van der Waals surface area contributed by atoms with Crippen LogP contribution in [0.1, 0.15) is 5.82 Å². The average Bonchev–Trinajstić information content (AvgIpc) is 3.13. The van der Waals surface area contributed by atoms with Crippen molar-refractivity contribution in [3.8, 4) is 0 Å². The van der Waals surface area contributed by atoms with Crippen molar-refractivity contribution in [2.45, 2.75) is 6.54 Å². The van der Waals surface area contributed by atoms with Gasteiger partial charge in [-0.2, -0.15) is 5.10 Å². The van der Waals surface area contributed by atoms with Gasteiger partial charge in [0.1, 0.15) is 12.2 Å². The maximum atomic E-state index is 12.5. The van der Waals surface area contributed by atoms with E-state index < -0.39 is 0 Å². The molecule has 1 aromatic heterocycles. The maximum absolute atomic E-state index is 12.5. The lowest BCUT2D eigenvalue weighted by Crippen LogP contribution is -2.52. The van der Waals surface area contributed by atoms with Gasteiger partial charge >= 0.3 is 0 Å². The first-order chi connectivity index (χ1) is 13.6. The van der Waals surface area contributed by atoms with Crippen LogP contribution in [0.2, 0.25) is 5.02 Å². The number of aryl methyl sites for hydroxylation is 1. The lowest BCUT2D eigenvalue weighted by molar-refractivity contribution is -0.130. The molecule has 0 radical (unpaired) electrons. The fraction of sp³-hybridized carbons (Fsp3) is 0.444. The molecule has 1 amide bonds. The minimum atomic E-state index is 0. The summed E-state index contributed by atoms with van der Waals surface area (Å²) in [6.07, 6.45) is 1.50. The molecule has 29 heavy (non-hydrogen) atoms. The number of aromatic nitrogens is 3. The number of nitrogens with one attached hydrogen (secondary N) is 2. The van der Waals surface area contributed by atoms with Crippen molar-refractivity contribution < 1.29 is 4.79 Å². The molecule has 158 valence electrons. The van der Waals surface area contributed by atoms with E-state index in [1.807, 2.05) is 36.2 Å². The van der Waals surface area contributed by atoms with Crippen LogP contribution in [0, 0.1) is 0 Å². The molecule has 0 bridgehead atoms. The number of benzene rings is 1. The zero-order valence-electron chi connectivity index (χ0n) is 16.5. The molecule has 2 N–H and O–H groups in total. The minimum Gasteiger partial charge on any atom is -0.368 e. The van der Waals surface area contributed by atoms with Gasteiger partial charge < -0.3 is 20.4 Å². The third-order valence-corrected chi connectivity index (χ3v) is 4.93. The van der Waals surface area contributed by atoms with Gasteiger partial charge in [0.15, 0.2) is 5.96 Å². The van der Waals surface area contributed by atoms with Crippen LogP contribution in [0.4, 0.5) is 5.69 Å². The average molecular weight is 533 g/mol. The zero-order chi connectivity index (χ0) is 19.9. The third-order valence-electron chi connectivity index (χ3n) is 4.67. The van der Waals surface area contributed by atoms with Gasteiger partial charge in [0, 0.05) is 51.0 Å². The molecule has 0 aliphatic carbocycles. The third kappa shape index (κ3) is 6.46. The highest BCUT2D eigenvalue weighted by molar-refractivity contribution is 14.0. The lowest BCUT2D eigenvalue weighted by atomic mass is 10.2. The van der Waals surface area contributed by atoms with Crippen LogP contribution in [0.15, 0.2) is 35.6 Å². The first-order valence-electron chi connectivity index (χ1n) is 9.12. The summed E-state index contributed by atoms with van der Waals surface area (Å²) < 4.78 is 1.69. The number of aliphatic imine (C=N–C) groups is 1. The Morgan fingerprint density at radius 3 is 2.45 bits per heavy atom. The number of hydrogen-bond acceptors (Lipinski definition) is 5. The number of nitrogens with zero attached hydrogens (tertiary/aromatic N) is 6. The van der Waals surface area contributed by atoms with Crippen LogP contribution in [0.25, 0.3) is 0 Å². The van der Waals surface area contributed by atoms with Gasteiger partial charge in [-0.15, -0.1) is 24.0 Å². The molecule has 1 saturated heterocycles. The molecule has 3 rings (SSSR count). The molecule has 1 aromatic carbocycles. The Morgan fingerprint density at radius 2 is 1.86 bits per heavy atom. The molecule has 1 fully saturated rings. The first-order valence-corrected chi connectivity index (χ1v) is 9.50. The number of anilines is 1. The van der Waals surface area contributed by atoms with Crippen LogP contribution in [0.3, 0.4) is 0 Å². The SMILES string of the molecule is CN=C(NCC(=O)N1CCN(c2ccc(Cl)cc2)CC1)NCc1ncnn1C.I. The van der Waals surface area contributed by atoms with E-state index in [4.69, 9.17) is 11.6 Å². The fourth-order valence-electron chi connectivity index (χ4n) is 3.00. The van der Waals surface area contributed by atoms with Gasteiger partial charge in [-0.25, -0.2) is 4.98 Å². The van der Waals surface area contributed by atoms with Crippen molar-refractivity contribution in [1.29, 1.82) is 0 Å². The van der Waals surface area contributed by atoms with Gasteiger partial charge in [0.05, 0.1) is 13.1 Å². The molecule has 9 nitrogen and oxygen atoms in total. The predicted octanol–water partition coefficient (Wildman–Crippen LogP) is 1.10. The summed E-state index contributed by atoms with van der Waals surface area (Å²) in [5.74, 6) is 1.39. The number of halogens is 2. The quantitative estimate of drug-likeness (QED) is 0.341. The Kier molecular flexibility index (Phi) is 8.96. The second-order valence-corrected chi connectivity index (χ2v) is 6.86. The van der Waals surface area contributed by atoms with Gasteiger partial charge in [0.2, 0.25) is 5.91 Å². The molecular weight excluding hydrogens is 507 g/mol. The number of amides is 1. The van der Waals surface area contributed by atoms with Crippen molar-refractivity contribution in [2.75, 3.05) is 44.7 Å². The molecule has 0 unspecified atom stereocenters. The Hall–Kier alpha value is -2.08. The number of rotatable bonds is 5. The largest absolute Gasteiger partial charge is 0.368 e. The molecule has 1 aliphatic heterocycles. The highest BCUT2D eigenvalue weighted by Crippen LogP contribution is 2.19. The van der Waals surface area contributed by atoms with Crippen LogP contribution in [0.5, 0.6) is 0 Å². The van der Waals surface area contributed by atoms with E-state index >= 15 is 0 Å². The highest BCUT2D eigenvalue weighted by atomic mass is 127. The van der Waals surface area contributed by atoms with Crippen LogP contribution >= 0.6 is 35.6 Å². The van der Waals surface area contributed by atoms with E-state index in [1.54, 1.807) is 11.7 Å². The second-order valence-electron chi connectivity index (χ2n) is 6.42. The van der Waals surface area contributed by atoms with Gasteiger partial charge in [-0.3, -0.25) is 14.5 Å². The Labute approximate surface area is 192 Å². The van der Waals surface area contributed by atoms with E-state index in [1.165, 1.54) is 6.33 Å². The smallest absolute Gasteiger partial charge is 0.242 e. The predicted molar refractivity (Wildman–Crippen MR) is 125 cm³/mol. The van der Waals surface area contributed by atoms with Crippen molar-refractivity contribution in [3.05, 3.63) is 41.4 Å². The van der Waals surface area contributed by atoms with E-state index in [0.29, 0.717) is 25.6 Å². The van der Waals surface area contributed by atoms with E-state index in [2.05, 4.69) is 30.6 Å². The summed E-state index contributed by atoms with van der Waals surface area (Å²) in [4.78, 5) is 24.9. The molecular formula is C18H26ClIN8O. The summed E-state index contributed by atoms with van der Waals surface area (Å²) in [6.45, 7) is 3.64. The zero-order valence-corrected chi connectivity index (χ0v) is 19.6. The monoisotopic (exact) mass is 532 g/mol. The summed E-state index contributed by atoms with van der Waals surface area (Å²) in [6, 6.07) is 7.79. The normalized spacial score (nSPS) is 14.4. The maximum Gasteiger partial charge on any atom is 0.242 e. The second kappa shape index (κ2) is 11.2. The minimum absolute atomic E-state index is 0. The summed E-state index contributed by atoms with van der Waals surface area (Å²) in [5, 5.41) is 10.9. The standard InChI is InChI=1S/C18H25ClN8O.HI/c1-20-18(21-11-16-23-13-24-25(16)2)22-12-17(28)27-9-7-26(8-10-27)15-5-3-14(19)4-6-15;/h3-6,13H,7-12H2,1-2H3,(H2,20,21,22);1H. The number of piperazine rings is 1. The Bertz CT molecular complexity index is 818. The number of hydrogen-bond donors (Lipinski definition) is 2. The molecule has 0 spiro atoms. The molecule has 2 aromatic rings. The fourth-order valence-corrected chi connectivity index (χ4v) is 3.13. The van der Waals surface area contributed by atoms with Crippen LogP contribution in [-0.4, -0.2) is 71.3 Å². The van der Waals surface area contributed by atoms with Crippen LogP contribution in [-0.2, 0) is 18.4 Å². The van der Waals surface area contributed by atoms with Crippen molar-refractivity contribution >= 4 is 53.1 Å². The molecule has 11 heteroatoms. The number of carbonyl (C=O) groups is 1. The van der Waals surface area contributed by atoms with Gasteiger partial charge in [0.25, 0.3) is 0 Å². The van der Waals surface area contributed by atoms with E-state index in [-0.39, 0.29) is 36.4 Å². The summed E-state index contributed by atoms with van der Waals surface area (Å²) >= 11 is 5.95. The number of guanidine groups is 1. The lowest BCUT2D eigenvalue weighted by Gasteiger charge is -2.36. The van der Waals surface area contributed by atoms with Gasteiger partial charge in [-0.1, -0.05) is 11.6 Å². The molecule has 0 atom stereocenters. The van der Waals surface area contributed by atoms with E-state index in [0.717, 1.165) is 29.6 Å². The Balaban J connectivity index is 0.00000300. The van der Waals surface area contributed by atoms with Crippen LogP contribution < -0.4 is 15.5 Å². The van der Waals surface area contributed by atoms with Crippen molar-refractivity contribution in [2.24, 2.45) is 12.0 Å². The molecule has 0 saturated carbocycles. The molecule has 2 heterocycles. The summed E-state index contributed by atoms with van der Waals surface area (Å²) in [7, 11) is 3.49. The van der Waals surface area contributed by atoms with Crippen molar-refractivity contribution in [1.82, 2.24) is 30.3 Å². The topological polar surface area (TPSA) is 90.7 Å². The molecule has 1 aliphatic rings. The highest BCUT2D eigenvalue weighted by Gasteiger charge is 2.21.